The van der Waals surface area contributed by atoms with Crippen LogP contribution in [0.5, 0.6) is 5.75 Å². The van der Waals surface area contributed by atoms with Gasteiger partial charge in [-0.15, -0.1) is 0 Å². The van der Waals surface area contributed by atoms with E-state index in [4.69, 9.17) is 44.8 Å². The molecule has 14 heteroatoms. The maximum absolute atomic E-state index is 15.5. The molecule has 0 bridgehead atoms. The molecular weight excluding hydrogens is 871 g/mol. The van der Waals surface area contributed by atoms with Crippen molar-refractivity contribution in [3.05, 3.63) is 207 Å². The van der Waals surface area contributed by atoms with Gasteiger partial charge in [0.25, 0.3) is 0 Å². The topological polar surface area (TPSA) is 150 Å². The van der Waals surface area contributed by atoms with Crippen molar-refractivity contribution >= 4 is 41.4 Å². The summed E-state index contributed by atoms with van der Waals surface area (Å²) in [6, 6.07) is 39.7. The van der Waals surface area contributed by atoms with Crippen LogP contribution in [0, 0.1) is 12.7 Å². The molecule has 1 saturated heterocycles. The second kappa shape index (κ2) is 21.6. The van der Waals surface area contributed by atoms with Crippen LogP contribution in [0.2, 0.25) is 5.02 Å². The molecule has 338 valence electrons. The predicted octanol–water partition coefficient (Wildman–Crippen LogP) is 9.47. The van der Waals surface area contributed by atoms with Gasteiger partial charge in [-0.05, 0) is 97.3 Å². The lowest BCUT2D eigenvalue weighted by molar-refractivity contribution is -0.284. The molecule has 0 amide bonds. The second-order valence-electron chi connectivity index (χ2n) is 15.4. The highest BCUT2D eigenvalue weighted by Gasteiger charge is 2.56. The first-order chi connectivity index (χ1) is 31.8. The fourth-order valence-corrected chi connectivity index (χ4v) is 7.50. The van der Waals surface area contributed by atoms with Gasteiger partial charge in [0.2, 0.25) is 12.4 Å². The smallest absolute Gasteiger partial charge is 0.338 e. The Morgan fingerprint density at radius 1 is 0.636 bits per heavy atom. The summed E-state index contributed by atoms with van der Waals surface area (Å²) in [6.45, 7) is 4.22. The number of carbonyl (C=O) groups is 5. The highest BCUT2D eigenvalue weighted by molar-refractivity contribution is 6.31. The van der Waals surface area contributed by atoms with Crippen LogP contribution in [0.4, 0.5) is 4.39 Å². The third-order valence-electron chi connectivity index (χ3n) is 10.5. The van der Waals surface area contributed by atoms with Gasteiger partial charge < -0.3 is 33.2 Å². The van der Waals surface area contributed by atoms with Crippen molar-refractivity contribution in [3.8, 4) is 5.75 Å². The van der Waals surface area contributed by atoms with E-state index in [1.54, 1.807) is 104 Å². The quantitative estimate of drug-likeness (QED) is 0.0713. The van der Waals surface area contributed by atoms with Crippen molar-refractivity contribution < 1.29 is 61.5 Å². The van der Waals surface area contributed by atoms with Gasteiger partial charge in [0.15, 0.2) is 12.2 Å². The Morgan fingerprint density at radius 3 is 1.62 bits per heavy atom. The average Bonchev–Trinajstić information content (AvgIpc) is 3.32. The lowest BCUT2D eigenvalue weighted by Gasteiger charge is -2.45. The summed E-state index contributed by atoms with van der Waals surface area (Å²) < 4.78 is 58.8. The zero-order valence-electron chi connectivity index (χ0n) is 36.0. The van der Waals surface area contributed by atoms with Crippen molar-refractivity contribution in [2.24, 2.45) is 0 Å². The lowest BCUT2D eigenvalue weighted by Crippen LogP contribution is -2.65. The number of aryl methyl sites for hydroxylation is 1. The largest absolute Gasteiger partial charge is 0.461 e. The maximum atomic E-state index is 15.5. The molecule has 6 atom stereocenters. The van der Waals surface area contributed by atoms with E-state index in [-0.39, 0.29) is 57.2 Å². The van der Waals surface area contributed by atoms with Crippen LogP contribution in [0.15, 0.2) is 152 Å². The zero-order valence-corrected chi connectivity index (χ0v) is 36.7. The predicted molar refractivity (Wildman–Crippen MR) is 238 cm³/mol. The molecule has 6 aromatic carbocycles. The summed E-state index contributed by atoms with van der Waals surface area (Å²) in [5.74, 6) is -4.58. The Kier molecular flexibility index (Phi) is 15.2. The molecule has 0 aromatic heterocycles. The molecule has 0 saturated carbocycles. The van der Waals surface area contributed by atoms with E-state index in [2.05, 4.69) is 0 Å². The number of carbonyl (C=O) groups excluding carboxylic acids is 5. The van der Waals surface area contributed by atoms with Crippen LogP contribution in [0.3, 0.4) is 0 Å². The highest BCUT2D eigenvalue weighted by atomic mass is 35.5. The Balaban J connectivity index is 1.39. The molecule has 0 radical (unpaired) electrons. The van der Waals surface area contributed by atoms with Crippen molar-refractivity contribution in [2.45, 2.75) is 70.6 Å². The van der Waals surface area contributed by atoms with Gasteiger partial charge in [0, 0.05) is 23.9 Å². The third-order valence-corrected chi connectivity index (χ3v) is 10.9. The van der Waals surface area contributed by atoms with Crippen LogP contribution < -0.4 is 4.74 Å². The minimum absolute atomic E-state index is 0.0315. The monoisotopic (exact) mass is 914 g/mol. The molecule has 6 aromatic rings. The standard InChI is InChI=1S/C52H44ClFO12/c1-31-24-25-39(42(54)26-31)29-40-41(53)27-34(30-60-33(3)55)28-43(40)62-52-47(65-51(59)38-22-14-7-15-23-38)46(64-50(58)37-20-12-6-13-21-37)45(63-49(57)36-18-10-5-11-19-36)44(66-52)32(2)61-48(56)35-16-8-4-9-17-35/h4-28,32,44-47,52H,29-30H2,1-3H3/t32-,44-,45-,46+,47-,52-/m1/s1. The first kappa shape index (κ1) is 46.6. The van der Waals surface area contributed by atoms with Crippen molar-refractivity contribution in [3.63, 3.8) is 0 Å². The number of ether oxygens (including phenoxy) is 7. The van der Waals surface area contributed by atoms with Crippen molar-refractivity contribution in [2.75, 3.05) is 0 Å². The SMILES string of the molecule is CC(=O)OCc1cc(Cl)c(Cc2ccc(C)cc2F)c(O[C@@H]2O[C@H]([C@@H](C)OC(=O)c3ccccc3)[C@@H](OC(=O)c3ccccc3)[C@H](OC(=O)c3ccccc3)[C@H]2OC(=O)c2ccccc2)c1. The van der Waals surface area contributed by atoms with E-state index in [1.165, 1.54) is 68.4 Å². The second-order valence-corrected chi connectivity index (χ2v) is 15.8. The van der Waals surface area contributed by atoms with E-state index in [9.17, 15) is 24.0 Å². The maximum Gasteiger partial charge on any atom is 0.338 e. The third kappa shape index (κ3) is 11.7. The number of esters is 5. The van der Waals surface area contributed by atoms with Crippen LogP contribution in [0.25, 0.3) is 0 Å². The van der Waals surface area contributed by atoms with Crippen LogP contribution in [-0.4, -0.2) is 66.7 Å². The summed E-state index contributed by atoms with van der Waals surface area (Å²) in [6.07, 6.45) is -9.84. The molecule has 0 N–H and O–H groups in total. The minimum Gasteiger partial charge on any atom is -0.461 e. The molecule has 1 heterocycles. The van der Waals surface area contributed by atoms with E-state index >= 15 is 4.39 Å². The van der Waals surface area contributed by atoms with E-state index in [0.717, 1.165) is 0 Å². The summed E-state index contributed by atoms with van der Waals surface area (Å²) in [5.41, 5.74) is 2.03. The first-order valence-corrected chi connectivity index (χ1v) is 21.3. The molecule has 7 rings (SSSR count). The van der Waals surface area contributed by atoms with Gasteiger partial charge in [0.1, 0.15) is 30.4 Å². The minimum atomic E-state index is -1.78. The van der Waals surface area contributed by atoms with E-state index in [1.807, 2.05) is 0 Å². The van der Waals surface area contributed by atoms with Gasteiger partial charge in [-0.1, -0.05) is 96.5 Å². The first-order valence-electron chi connectivity index (χ1n) is 20.9. The molecule has 66 heavy (non-hydrogen) atoms. The van der Waals surface area contributed by atoms with E-state index in [0.29, 0.717) is 11.1 Å². The number of halogens is 2. The molecule has 0 spiro atoms. The van der Waals surface area contributed by atoms with Crippen LogP contribution in [-0.2, 0) is 46.2 Å². The van der Waals surface area contributed by atoms with Gasteiger partial charge in [-0.25, -0.2) is 23.6 Å². The zero-order chi connectivity index (χ0) is 46.7. The number of hydrogen-bond donors (Lipinski definition) is 0. The van der Waals surface area contributed by atoms with Gasteiger partial charge in [-0.2, -0.15) is 0 Å². The summed E-state index contributed by atoms with van der Waals surface area (Å²) >= 11 is 6.95. The van der Waals surface area contributed by atoms with Crippen molar-refractivity contribution in [1.82, 2.24) is 0 Å². The molecular formula is C52H44ClFO12. The number of benzene rings is 6. The summed E-state index contributed by atoms with van der Waals surface area (Å²) in [5, 5.41) is 0.0895. The normalized spacial score (nSPS) is 18.2. The molecule has 1 aliphatic rings. The fourth-order valence-electron chi connectivity index (χ4n) is 7.20. The Labute approximate surface area is 385 Å². The molecule has 1 aliphatic heterocycles. The molecule has 0 aliphatic carbocycles. The molecule has 0 unspecified atom stereocenters. The highest BCUT2D eigenvalue weighted by Crippen LogP contribution is 2.38. The molecule has 1 fully saturated rings. The summed E-state index contributed by atoms with van der Waals surface area (Å²) in [4.78, 5) is 67.9. The van der Waals surface area contributed by atoms with Crippen molar-refractivity contribution in [1.29, 1.82) is 0 Å². The summed E-state index contributed by atoms with van der Waals surface area (Å²) in [7, 11) is 0. The number of rotatable bonds is 15. The fraction of sp³-hybridized carbons (Fsp3) is 0.212. The lowest BCUT2D eigenvalue weighted by atomic mass is 9.94. The van der Waals surface area contributed by atoms with Crippen LogP contribution in [0.1, 0.15) is 77.5 Å². The van der Waals surface area contributed by atoms with Gasteiger partial charge >= 0.3 is 29.8 Å². The Morgan fingerprint density at radius 2 is 1.12 bits per heavy atom. The average molecular weight is 915 g/mol. The van der Waals surface area contributed by atoms with Crippen LogP contribution >= 0.6 is 11.6 Å². The Bertz CT molecular complexity index is 2670. The Hall–Kier alpha value is -7.35. The van der Waals surface area contributed by atoms with E-state index < -0.39 is 72.5 Å². The molecule has 12 nitrogen and oxygen atoms in total. The van der Waals surface area contributed by atoms with Gasteiger partial charge in [-0.3, -0.25) is 4.79 Å². The van der Waals surface area contributed by atoms with Gasteiger partial charge in [0.05, 0.1) is 22.3 Å². The number of hydrogen-bond acceptors (Lipinski definition) is 12.